The van der Waals surface area contributed by atoms with Crippen molar-refractivity contribution in [3.8, 4) is 0 Å². The first-order valence-electron chi connectivity index (χ1n) is 4.48. The first kappa shape index (κ1) is 10.6. The van der Waals surface area contributed by atoms with Crippen LogP contribution in [0.5, 0.6) is 0 Å². The number of unbranched alkanes of at least 4 members (excludes halogenated alkanes) is 2. The Hall–Kier alpha value is -1.43. The highest BCUT2D eigenvalue weighted by Crippen LogP contribution is 1.99. The molecular formula is C8H13N3O3. The molecule has 2 N–H and O–H groups in total. The molecule has 78 valence electrons. The van der Waals surface area contributed by atoms with Crippen molar-refractivity contribution in [1.29, 1.82) is 0 Å². The lowest BCUT2D eigenvalue weighted by Crippen LogP contribution is -1.99. The lowest BCUT2D eigenvalue weighted by molar-refractivity contribution is 0.0690. The van der Waals surface area contributed by atoms with E-state index in [1.807, 2.05) is 0 Å². The number of aryl methyl sites for hydroxylation is 1. The number of aromatic carboxylic acids is 1. The Morgan fingerprint density at radius 1 is 1.43 bits per heavy atom. The van der Waals surface area contributed by atoms with Gasteiger partial charge >= 0.3 is 5.97 Å². The molecule has 0 fully saturated rings. The van der Waals surface area contributed by atoms with Crippen LogP contribution in [0.2, 0.25) is 0 Å². The topological polar surface area (TPSA) is 88.2 Å². The number of rotatable bonds is 6. The van der Waals surface area contributed by atoms with Gasteiger partial charge in [0.15, 0.2) is 5.69 Å². The van der Waals surface area contributed by atoms with Gasteiger partial charge < -0.3 is 10.2 Å². The maximum Gasteiger partial charge on any atom is 0.358 e. The number of aliphatic hydroxyl groups excluding tert-OH is 1. The summed E-state index contributed by atoms with van der Waals surface area (Å²) in [4.78, 5) is 10.4. The molecular weight excluding hydrogens is 186 g/mol. The van der Waals surface area contributed by atoms with Crippen molar-refractivity contribution in [2.75, 3.05) is 6.61 Å². The van der Waals surface area contributed by atoms with Gasteiger partial charge in [-0.1, -0.05) is 5.21 Å². The normalized spacial score (nSPS) is 10.4. The van der Waals surface area contributed by atoms with Crippen LogP contribution in [0.25, 0.3) is 0 Å². The molecule has 0 unspecified atom stereocenters. The van der Waals surface area contributed by atoms with E-state index in [0.29, 0.717) is 6.54 Å². The molecule has 1 aromatic rings. The van der Waals surface area contributed by atoms with Crippen LogP contribution in [0.1, 0.15) is 29.8 Å². The summed E-state index contributed by atoms with van der Waals surface area (Å²) >= 11 is 0. The van der Waals surface area contributed by atoms with E-state index < -0.39 is 5.97 Å². The molecule has 0 spiro atoms. The molecule has 0 aliphatic heterocycles. The zero-order valence-corrected chi connectivity index (χ0v) is 7.76. The molecule has 1 aromatic heterocycles. The Morgan fingerprint density at radius 2 is 2.21 bits per heavy atom. The van der Waals surface area contributed by atoms with E-state index in [2.05, 4.69) is 10.3 Å². The monoisotopic (exact) mass is 199 g/mol. The summed E-state index contributed by atoms with van der Waals surface area (Å²) in [6.07, 6.45) is 3.93. The average molecular weight is 199 g/mol. The maximum atomic E-state index is 10.4. The minimum absolute atomic E-state index is 0.0350. The summed E-state index contributed by atoms with van der Waals surface area (Å²) in [6, 6.07) is 0. The van der Waals surface area contributed by atoms with Gasteiger partial charge in [-0.3, -0.25) is 4.68 Å². The number of hydrogen-bond donors (Lipinski definition) is 2. The third-order valence-corrected chi connectivity index (χ3v) is 1.80. The zero-order chi connectivity index (χ0) is 10.4. The van der Waals surface area contributed by atoms with Crippen LogP contribution in [0.3, 0.4) is 0 Å². The quantitative estimate of drug-likeness (QED) is 0.636. The van der Waals surface area contributed by atoms with Gasteiger partial charge in [-0.15, -0.1) is 5.10 Å². The number of aromatic nitrogens is 3. The molecule has 0 bridgehead atoms. The van der Waals surface area contributed by atoms with Gasteiger partial charge in [-0.2, -0.15) is 0 Å². The molecule has 0 radical (unpaired) electrons. The van der Waals surface area contributed by atoms with Crippen LogP contribution in [-0.4, -0.2) is 37.8 Å². The molecule has 0 amide bonds. The smallest absolute Gasteiger partial charge is 0.358 e. The van der Waals surface area contributed by atoms with Crippen LogP contribution in [0.4, 0.5) is 0 Å². The molecule has 0 aliphatic rings. The first-order valence-corrected chi connectivity index (χ1v) is 4.48. The predicted molar refractivity (Wildman–Crippen MR) is 47.9 cm³/mol. The van der Waals surface area contributed by atoms with Crippen molar-refractivity contribution in [3.63, 3.8) is 0 Å². The highest BCUT2D eigenvalue weighted by atomic mass is 16.4. The maximum absolute atomic E-state index is 10.4. The van der Waals surface area contributed by atoms with Gasteiger partial charge in [0.05, 0.1) is 6.20 Å². The first-order chi connectivity index (χ1) is 6.74. The lowest BCUT2D eigenvalue weighted by Gasteiger charge is -1.98. The fraction of sp³-hybridized carbons (Fsp3) is 0.625. The van der Waals surface area contributed by atoms with E-state index in [0.717, 1.165) is 19.3 Å². The van der Waals surface area contributed by atoms with Crippen LogP contribution >= 0.6 is 0 Å². The van der Waals surface area contributed by atoms with Crippen LogP contribution < -0.4 is 0 Å². The molecule has 0 saturated carbocycles. The summed E-state index contributed by atoms with van der Waals surface area (Å²) in [7, 11) is 0. The van der Waals surface area contributed by atoms with Gasteiger partial charge in [-0.05, 0) is 19.3 Å². The second kappa shape index (κ2) is 5.33. The zero-order valence-electron chi connectivity index (χ0n) is 7.76. The molecule has 1 rings (SSSR count). The minimum atomic E-state index is -1.06. The van der Waals surface area contributed by atoms with E-state index in [9.17, 15) is 4.79 Å². The number of carbonyl (C=O) groups is 1. The van der Waals surface area contributed by atoms with Crippen molar-refractivity contribution >= 4 is 5.97 Å². The van der Waals surface area contributed by atoms with Crippen molar-refractivity contribution in [3.05, 3.63) is 11.9 Å². The molecule has 0 aliphatic carbocycles. The van der Waals surface area contributed by atoms with Gasteiger partial charge in [0, 0.05) is 13.2 Å². The Kier molecular flexibility index (Phi) is 4.06. The molecule has 0 saturated heterocycles. The fourth-order valence-electron chi connectivity index (χ4n) is 1.07. The highest BCUT2D eigenvalue weighted by Gasteiger charge is 2.07. The van der Waals surface area contributed by atoms with E-state index in [1.165, 1.54) is 10.9 Å². The Morgan fingerprint density at radius 3 is 2.79 bits per heavy atom. The third kappa shape index (κ3) is 3.14. The van der Waals surface area contributed by atoms with Crippen molar-refractivity contribution in [2.45, 2.75) is 25.8 Å². The van der Waals surface area contributed by atoms with Crippen LogP contribution in [0.15, 0.2) is 6.20 Å². The molecule has 14 heavy (non-hydrogen) atoms. The molecule has 0 aromatic carbocycles. The van der Waals surface area contributed by atoms with E-state index in [4.69, 9.17) is 10.2 Å². The Balaban J connectivity index is 2.33. The summed E-state index contributed by atoms with van der Waals surface area (Å²) in [5.41, 5.74) is -0.0350. The van der Waals surface area contributed by atoms with Crippen LogP contribution in [-0.2, 0) is 6.54 Å². The highest BCUT2D eigenvalue weighted by molar-refractivity contribution is 5.84. The van der Waals surface area contributed by atoms with Crippen molar-refractivity contribution in [2.24, 2.45) is 0 Å². The van der Waals surface area contributed by atoms with Gasteiger partial charge in [-0.25, -0.2) is 4.79 Å². The van der Waals surface area contributed by atoms with E-state index in [-0.39, 0.29) is 12.3 Å². The summed E-state index contributed by atoms with van der Waals surface area (Å²) in [6.45, 7) is 0.831. The summed E-state index contributed by atoms with van der Waals surface area (Å²) in [5.74, 6) is -1.06. The number of carboxylic acids is 1. The van der Waals surface area contributed by atoms with Gasteiger partial charge in [0.1, 0.15) is 0 Å². The predicted octanol–water partition coefficient (Wildman–Crippen LogP) is 0.139. The van der Waals surface area contributed by atoms with Gasteiger partial charge in [0.25, 0.3) is 0 Å². The summed E-state index contributed by atoms with van der Waals surface area (Å²) < 4.78 is 1.50. The Labute approximate surface area is 81.2 Å². The van der Waals surface area contributed by atoms with E-state index >= 15 is 0 Å². The molecule has 0 atom stereocenters. The molecule has 6 heteroatoms. The number of aliphatic hydroxyl groups is 1. The third-order valence-electron chi connectivity index (χ3n) is 1.80. The SMILES string of the molecule is O=C(O)c1cn(CCCCCO)nn1. The van der Waals surface area contributed by atoms with Crippen molar-refractivity contribution < 1.29 is 15.0 Å². The number of hydrogen-bond acceptors (Lipinski definition) is 4. The second-order valence-corrected chi connectivity index (χ2v) is 2.96. The molecule has 1 heterocycles. The average Bonchev–Trinajstić information content (AvgIpc) is 2.61. The van der Waals surface area contributed by atoms with Crippen molar-refractivity contribution in [1.82, 2.24) is 15.0 Å². The number of carboxylic acid groups (broad SMARTS) is 1. The lowest BCUT2D eigenvalue weighted by atomic mass is 10.2. The van der Waals surface area contributed by atoms with Crippen LogP contribution in [0, 0.1) is 0 Å². The second-order valence-electron chi connectivity index (χ2n) is 2.96. The largest absolute Gasteiger partial charge is 0.476 e. The fourth-order valence-corrected chi connectivity index (χ4v) is 1.07. The van der Waals surface area contributed by atoms with E-state index in [1.54, 1.807) is 0 Å². The number of nitrogens with zero attached hydrogens (tertiary/aromatic N) is 3. The minimum Gasteiger partial charge on any atom is -0.476 e. The standard InChI is InChI=1S/C8H13N3O3/c12-5-3-1-2-4-11-6-7(8(13)14)9-10-11/h6,12H,1-5H2,(H,13,14). The molecule has 6 nitrogen and oxygen atoms in total. The van der Waals surface area contributed by atoms with Gasteiger partial charge in [0.2, 0.25) is 0 Å². The summed E-state index contributed by atoms with van der Waals surface area (Å²) in [5, 5.41) is 24.2. The Bertz CT molecular complexity index is 298.